The number of aliphatic hydroxyl groups is 1. The van der Waals surface area contributed by atoms with E-state index in [1.165, 1.54) is 4.90 Å². The van der Waals surface area contributed by atoms with Crippen LogP contribution in [0, 0.1) is 13.8 Å². The zero-order chi connectivity index (χ0) is 24.3. The SMILES string of the molecule is CCCCCNC(=O)C(c1c(C)cccc1C)N(CCO)C(=O)CNC(=O)OC(C)(C)C. The fourth-order valence-corrected chi connectivity index (χ4v) is 3.44. The normalized spacial score (nSPS) is 12.1. The highest BCUT2D eigenvalue weighted by Gasteiger charge is 2.33. The third-order valence-electron chi connectivity index (χ3n) is 4.90. The number of alkyl carbamates (subject to hydrolysis) is 1. The van der Waals surface area contributed by atoms with Crippen LogP contribution in [0.2, 0.25) is 0 Å². The second-order valence-electron chi connectivity index (χ2n) is 8.87. The molecule has 1 aromatic rings. The predicted octanol–water partition coefficient (Wildman–Crippen LogP) is 3.00. The molecule has 32 heavy (non-hydrogen) atoms. The largest absolute Gasteiger partial charge is 0.444 e. The number of aryl methyl sites for hydroxylation is 2. The van der Waals surface area contributed by atoms with Crippen molar-refractivity contribution in [1.82, 2.24) is 15.5 Å². The van der Waals surface area contributed by atoms with Crippen LogP contribution in [0.25, 0.3) is 0 Å². The van der Waals surface area contributed by atoms with E-state index in [-0.39, 0.29) is 25.6 Å². The van der Waals surface area contributed by atoms with Gasteiger partial charge >= 0.3 is 6.09 Å². The molecule has 1 rings (SSSR count). The molecule has 0 spiro atoms. The molecule has 0 aromatic heterocycles. The summed E-state index contributed by atoms with van der Waals surface area (Å²) in [6.45, 7) is 10.8. The Labute approximate surface area is 191 Å². The number of unbranched alkanes of at least 4 members (excludes halogenated alkanes) is 2. The van der Waals surface area contributed by atoms with Gasteiger partial charge in [0.15, 0.2) is 0 Å². The minimum atomic E-state index is -0.919. The highest BCUT2D eigenvalue weighted by atomic mass is 16.6. The van der Waals surface area contributed by atoms with Gasteiger partial charge in [0.1, 0.15) is 18.2 Å². The summed E-state index contributed by atoms with van der Waals surface area (Å²) in [4.78, 5) is 39.7. The highest BCUT2D eigenvalue weighted by Crippen LogP contribution is 2.28. The first-order valence-electron chi connectivity index (χ1n) is 11.2. The minimum Gasteiger partial charge on any atom is -0.444 e. The van der Waals surface area contributed by atoms with E-state index in [0.29, 0.717) is 6.54 Å². The van der Waals surface area contributed by atoms with Crippen molar-refractivity contribution in [3.63, 3.8) is 0 Å². The average molecular weight is 450 g/mol. The van der Waals surface area contributed by atoms with Crippen molar-refractivity contribution in [2.24, 2.45) is 0 Å². The zero-order valence-corrected chi connectivity index (χ0v) is 20.3. The van der Waals surface area contributed by atoms with Crippen LogP contribution in [0.1, 0.15) is 69.7 Å². The lowest BCUT2D eigenvalue weighted by molar-refractivity contribution is -0.140. The minimum absolute atomic E-state index is 0.0460. The van der Waals surface area contributed by atoms with Gasteiger partial charge in [-0.15, -0.1) is 0 Å². The predicted molar refractivity (Wildman–Crippen MR) is 124 cm³/mol. The summed E-state index contributed by atoms with van der Waals surface area (Å²) in [5.41, 5.74) is 1.76. The number of ether oxygens (including phenoxy) is 1. The molecule has 0 fully saturated rings. The third-order valence-corrected chi connectivity index (χ3v) is 4.90. The molecule has 3 N–H and O–H groups in total. The monoisotopic (exact) mass is 449 g/mol. The van der Waals surface area contributed by atoms with Crippen molar-refractivity contribution in [2.75, 3.05) is 26.2 Å². The smallest absolute Gasteiger partial charge is 0.408 e. The summed E-state index contributed by atoms with van der Waals surface area (Å²) in [6.07, 6.45) is 2.15. The fourth-order valence-electron chi connectivity index (χ4n) is 3.44. The Kier molecular flexibility index (Phi) is 11.2. The zero-order valence-electron chi connectivity index (χ0n) is 20.3. The number of nitrogens with one attached hydrogen (secondary N) is 2. The van der Waals surface area contributed by atoms with Gasteiger partial charge in [0.2, 0.25) is 11.8 Å². The number of hydrogen-bond acceptors (Lipinski definition) is 5. The lowest BCUT2D eigenvalue weighted by Gasteiger charge is -2.33. The Bertz CT molecular complexity index is 753. The molecule has 1 atom stereocenters. The van der Waals surface area contributed by atoms with Gasteiger partial charge in [-0.1, -0.05) is 38.0 Å². The van der Waals surface area contributed by atoms with Crippen molar-refractivity contribution in [3.05, 3.63) is 34.9 Å². The van der Waals surface area contributed by atoms with Crippen LogP contribution in [0.4, 0.5) is 4.79 Å². The molecule has 8 nitrogen and oxygen atoms in total. The second-order valence-corrected chi connectivity index (χ2v) is 8.87. The van der Waals surface area contributed by atoms with Crippen molar-refractivity contribution < 1.29 is 24.2 Å². The van der Waals surface area contributed by atoms with E-state index in [1.54, 1.807) is 20.8 Å². The number of amides is 3. The van der Waals surface area contributed by atoms with Crippen LogP contribution in [0.15, 0.2) is 18.2 Å². The van der Waals surface area contributed by atoms with Gasteiger partial charge in [-0.25, -0.2) is 4.79 Å². The quantitative estimate of drug-likeness (QED) is 0.450. The highest BCUT2D eigenvalue weighted by molar-refractivity contribution is 5.91. The van der Waals surface area contributed by atoms with E-state index in [4.69, 9.17) is 4.74 Å². The van der Waals surface area contributed by atoms with Gasteiger partial charge < -0.3 is 25.4 Å². The number of nitrogens with zero attached hydrogens (tertiary/aromatic N) is 1. The van der Waals surface area contributed by atoms with Crippen LogP contribution < -0.4 is 10.6 Å². The van der Waals surface area contributed by atoms with Crippen molar-refractivity contribution in [2.45, 2.75) is 72.4 Å². The number of hydrogen-bond donors (Lipinski definition) is 3. The molecule has 0 radical (unpaired) electrons. The first-order chi connectivity index (χ1) is 15.0. The molecule has 8 heteroatoms. The molecular formula is C24H39N3O5. The van der Waals surface area contributed by atoms with Crippen LogP contribution in [-0.4, -0.2) is 59.8 Å². The van der Waals surface area contributed by atoms with Crippen LogP contribution >= 0.6 is 0 Å². The summed E-state index contributed by atoms with van der Waals surface area (Å²) >= 11 is 0. The molecule has 180 valence electrons. The summed E-state index contributed by atoms with van der Waals surface area (Å²) in [5, 5.41) is 15.0. The molecule has 1 aromatic carbocycles. The van der Waals surface area contributed by atoms with E-state index < -0.39 is 23.6 Å². The van der Waals surface area contributed by atoms with E-state index in [9.17, 15) is 19.5 Å². The van der Waals surface area contributed by atoms with Gasteiger partial charge in [0.25, 0.3) is 0 Å². The summed E-state index contributed by atoms with van der Waals surface area (Å²) in [5.74, 6) is -0.793. The summed E-state index contributed by atoms with van der Waals surface area (Å²) < 4.78 is 5.19. The Morgan fingerprint density at radius 2 is 1.72 bits per heavy atom. The van der Waals surface area contributed by atoms with Crippen molar-refractivity contribution in [1.29, 1.82) is 0 Å². The van der Waals surface area contributed by atoms with Gasteiger partial charge in [0, 0.05) is 13.1 Å². The number of benzene rings is 1. The Morgan fingerprint density at radius 1 is 1.09 bits per heavy atom. The topological polar surface area (TPSA) is 108 Å². The molecular weight excluding hydrogens is 410 g/mol. The average Bonchev–Trinajstić information content (AvgIpc) is 2.69. The number of carbonyl (C=O) groups is 3. The molecule has 1 unspecified atom stereocenters. The van der Waals surface area contributed by atoms with E-state index in [1.807, 2.05) is 32.0 Å². The van der Waals surface area contributed by atoms with Crippen LogP contribution in [0.5, 0.6) is 0 Å². The van der Waals surface area contributed by atoms with E-state index in [0.717, 1.165) is 36.0 Å². The number of carbonyl (C=O) groups excluding carboxylic acids is 3. The molecule has 0 aliphatic carbocycles. The standard InChI is InChI=1S/C24H39N3O5/c1-7-8-9-13-25-22(30)21(20-17(2)11-10-12-18(20)3)27(14-15-28)19(29)16-26-23(31)32-24(4,5)6/h10-12,21,28H,7-9,13-16H2,1-6H3,(H,25,30)(H,26,31). The first-order valence-corrected chi connectivity index (χ1v) is 11.2. The van der Waals surface area contributed by atoms with Gasteiger partial charge in [-0.2, -0.15) is 0 Å². The van der Waals surface area contributed by atoms with Crippen LogP contribution in [0.3, 0.4) is 0 Å². The lowest BCUT2D eigenvalue weighted by Crippen LogP contribution is -2.49. The molecule has 0 aliphatic rings. The van der Waals surface area contributed by atoms with Gasteiger partial charge in [-0.3, -0.25) is 9.59 Å². The summed E-state index contributed by atoms with van der Waals surface area (Å²) in [7, 11) is 0. The molecule has 0 saturated carbocycles. The van der Waals surface area contributed by atoms with E-state index in [2.05, 4.69) is 17.6 Å². The molecule has 0 heterocycles. The number of rotatable bonds is 11. The molecule has 0 saturated heterocycles. The van der Waals surface area contributed by atoms with Crippen LogP contribution in [-0.2, 0) is 14.3 Å². The van der Waals surface area contributed by atoms with Crippen molar-refractivity contribution in [3.8, 4) is 0 Å². The third kappa shape index (κ3) is 8.86. The fraction of sp³-hybridized carbons (Fsp3) is 0.625. The Hall–Kier alpha value is -2.61. The maximum Gasteiger partial charge on any atom is 0.408 e. The Morgan fingerprint density at radius 3 is 2.25 bits per heavy atom. The first kappa shape index (κ1) is 27.4. The van der Waals surface area contributed by atoms with Gasteiger partial charge in [0.05, 0.1) is 6.61 Å². The Balaban J connectivity index is 3.16. The van der Waals surface area contributed by atoms with E-state index >= 15 is 0 Å². The molecule has 0 bridgehead atoms. The number of aliphatic hydroxyl groups excluding tert-OH is 1. The maximum atomic E-state index is 13.3. The van der Waals surface area contributed by atoms with Crippen molar-refractivity contribution >= 4 is 17.9 Å². The maximum absolute atomic E-state index is 13.3. The van der Waals surface area contributed by atoms with Gasteiger partial charge in [-0.05, 0) is 57.7 Å². The molecule has 3 amide bonds. The summed E-state index contributed by atoms with van der Waals surface area (Å²) in [6, 6.07) is 4.76. The lowest BCUT2D eigenvalue weighted by atomic mass is 9.94. The molecule has 0 aliphatic heterocycles. The second kappa shape index (κ2) is 13.1.